The zero-order valence-corrected chi connectivity index (χ0v) is 10.0. The Morgan fingerprint density at radius 1 is 1.07 bits per heavy atom. The van der Waals surface area contributed by atoms with Crippen LogP contribution in [0.15, 0.2) is 0 Å². The van der Waals surface area contributed by atoms with Crippen LogP contribution in [0.25, 0.3) is 0 Å². The number of fused-ring (bicyclic) bond motifs is 1. The van der Waals surface area contributed by atoms with E-state index >= 15 is 0 Å². The highest BCUT2D eigenvalue weighted by Crippen LogP contribution is 2.41. The van der Waals surface area contributed by atoms with Crippen molar-refractivity contribution >= 4 is 0 Å². The molecule has 4 nitrogen and oxygen atoms in total. The van der Waals surface area contributed by atoms with Crippen molar-refractivity contribution in [3.05, 3.63) is 0 Å². The maximum Gasteiger partial charge on any atom is 0.282 e. The molecular weight excluding hydrogens is 196 g/mol. The molecule has 0 radical (unpaired) electrons. The smallest absolute Gasteiger partial charge is 0.282 e. The zero-order chi connectivity index (χ0) is 11.2. The molecule has 0 saturated carbocycles. The molecular formula is C11H20O4. The summed E-state index contributed by atoms with van der Waals surface area (Å²) in [5.74, 6) is -0.0716. The molecule has 0 aliphatic carbocycles. The monoisotopic (exact) mass is 216 g/mol. The number of methoxy groups -OCH3 is 1. The van der Waals surface area contributed by atoms with Crippen molar-refractivity contribution in [3.63, 3.8) is 0 Å². The van der Waals surface area contributed by atoms with Gasteiger partial charge in [-0.05, 0) is 18.8 Å². The molecule has 0 aromatic rings. The molecule has 6 atom stereocenters. The summed E-state index contributed by atoms with van der Waals surface area (Å²) >= 11 is 0. The first kappa shape index (κ1) is 11.3. The molecule has 15 heavy (non-hydrogen) atoms. The average molecular weight is 216 g/mol. The first-order chi connectivity index (χ1) is 6.97. The molecule has 0 aromatic heterocycles. The van der Waals surface area contributed by atoms with E-state index in [0.29, 0.717) is 11.8 Å². The van der Waals surface area contributed by atoms with Gasteiger partial charge in [0, 0.05) is 14.0 Å². The zero-order valence-electron chi connectivity index (χ0n) is 10.0. The summed E-state index contributed by atoms with van der Waals surface area (Å²) in [7, 11) is 1.58. The van der Waals surface area contributed by atoms with Gasteiger partial charge in [-0.25, -0.2) is 0 Å². The van der Waals surface area contributed by atoms with Crippen LogP contribution in [-0.4, -0.2) is 31.6 Å². The predicted molar refractivity (Wildman–Crippen MR) is 54.0 cm³/mol. The van der Waals surface area contributed by atoms with Crippen molar-refractivity contribution < 1.29 is 18.9 Å². The van der Waals surface area contributed by atoms with Crippen molar-refractivity contribution in [2.45, 2.75) is 52.2 Å². The Kier molecular flexibility index (Phi) is 2.79. The molecule has 0 bridgehead atoms. The number of rotatable bonds is 1. The fourth-order valence-corrected chi connectivity index (χ4v) is 2.23. The number of hydrogen-bond donors (Lipinski definition) is 0. The second-order valence-corrected chi connectivity index (χ2v) is 4.69. The minimum atomic E-state index is -0.951. The average Bonchev–Trinajstić information content (AvgIpc) is 2.53. The molecule has 0 spiro atoms. The maximum absolute atomic E-state index is 5.76. The van der Waals surface area contributed by atoms with Crippen LogP contribution >= 0.6 is 0 Å². The van der Waals surface area contributed by atoms with Gasteiger partial charge in [0.2, 0.25) is 0 Å². The minimum absolute atomic E-state index is 0.0267. The van der Waals surface area contributed by atoms with Gasteiger partial charge in [0.05, 0.1) is 6.10 Å². The van der Waals surface area contributed by atoms with Crippen LogP contribution in [0.3, 0.4) is 0 Å². The van der Waals surface area contributed by atoms with E-state index < -0.39 is 5.97 Å². The van der Waals surface area contributed by atoms with Crippen molar-refractivity contribution in [3.8, 4) is 0 Å². The van der Waals surface area contributed by atoms with Crippen LogP contribution in [-0.2, 0) is 18.9 Å². The van der Waals surface area contributed by atoms with E-state index in [2.05, 4.69) is 20.8 Å². The van der Waals surface area contributed by atoms with Crippen LogP contribution in [0.4, 0.5) is 0 Å². The fourth-order valence-electron chi connectivity index (χ4n) is 2.23. The lowest BCUT2D eigenvalue weighted by molar-refractivity contribution is -0.333. The first-order valence-electron chi connectivity index (χ1n) is 5.53. The van der Waals surface area contributed by atoms with E-state index in [1.807, 2.05) is 0 Å². The van der Waals surface area contributed by atoms with E-state index in [0.717, 1.165) is 0 Å². The van der Waals surface area contributed by atoms with Gasteiger partial charge >= 0.3 is 0 Å². The normalized spacial score (nSPS) is 55.4. The molecule has 2 fully saturated rings. The summed E-state index contributed by atoms with van der Waals surface area (Å²) in [6.45, 7) is 8.20. The van der Waals surface area contributed by atoms with E-state index in [-0.39, 0.29) is 18.5 Å². The Morgan fingerprint density at radius 2 is 1.73 bits per heavy atom. The third kappa shape index (κ3) is 1.80. The van der Waals surface area contributed by atoms with Gasteiger partial charge in [0.15, 0.2) is 6.29 Å². The lowest BCUT2D eigenvalue weighted by atomic mass is 9.84. The molecule has 0 N–H and O–H groups in total. The van der Waals surface area contributed by atoms with Crippen molar-refractivity contribution in [1.82, 2.24) is 0 Å². The van der Waals surface area contributed by atoms with Gasteiger partial charge in [-0.2, -0.15) is 0 Å². The van der Waals surface area contributed by atoms with Gasteiger partial charge in [0.1, 0.15) is 6.10 Å². The molecule has 0 aromatic carbocycles. The predicted octanol–water partition coefficient (Wildman–Crippen LogP) is 1.74. The highest BCUT2D eigenvalue weighted by atomic mass is 16.9. The Hall–Kier alpha value is -0.160. The highest BCUT2D eigenvalue weighted by molar-refractivity contribution is 4.87. The molecule has 2 aliphatic rings. The summed E-state index contributed by atoms with van der Waals surface area (Å²) in [5, 5.41) is 0. The third-order valence-electron chi connectivity index (χ3n) is 3.76. The second-order valence-electron chi connectivity index (χ2n) is 4.69. The molecule has 2 saturated heterocycles. The summed E-state index contributed by atoms with van der Waals surface area (Å²) in [6.07, 6.45) is -0.124. The summed E-state index contributed by atoms with van der Waals surface area (Å²) < 4.78 is 22.3. The van der Waals surface area contributed by atoms with Crippen LogP contribution in [0.5, 0.6) is 0 Å². The molecule has 0 amide bonds. The van der Waals surface area contributed by atoms with E-state index in [1.54, 1.807) is 14.0 Å². The van der Waals surface area contributed by atoms with Crippen LogP contribution in [0.2, 0.25) is 0 Å². The van der Waals surface area contributed by atoms with E-state index in [4.69, 9.17) is 18.9 Å². The van der Waals surface area contributed by atoms with Gasteiger partial charge < -0.3 is 14.2 Å². The Labute approximate surface area is 90.8 Å². The van der Waals surface area contributed by atoms with Crippen molar-refractivity contribution in [1.29, 1.82) is 0 Å². The quantitative estimate of drug-likeness (QED) is 0.669. The first-order valence-corrected chi connectivity index (χ1v) is 5.53. The Balaban J connectivity index is 2.14. The minimum Gasteiger partial charge on any atom is -0.346 e. The SMILES string of the molecule is COC1(C)OC2[C@H](OC(C)[C@H](C)[C@@H]2C)O1. The number of ether oxygens (including phenoxy) is 4. The molecule has 2 heterocycles. The summed E-state index contributed by atoms with van der Waals surface area (Å²) in [6, 6.07) is 0. The highest BCUT2D eigenvalue weighted by Gasteiger charge is 2.52. The van der Waals surface area contributed by atoms with Crippen molar-refractivity contribution in [2.75, 3.05) is 7.11 Å². The lowest BCUT2D eigenvalue weighted by Gasteiger charge is -2.38. The van der Waals surface area contributed by atoms with Gasteiger partial charge in [0.25, 0.3) is 5.97 Å². The van der Waals surface area contributed by atoms with Crippen LogP contribution < -0.4 is 0 Å². The summed E-state index contributed by atoms with van der Waals surface area (Å²) in [5.41, 5.74) is 0. The van der Waals surface area contributed by atoms with Crippen LogP contribution in [0.1, 0.15) is 27.7 Å². The molecule has 2 rings (SSSR count). The van der Waals surface area contributed by atoms with Gasteiger partial charge in [-0.3, -0.25) is 4.74 Å². The fraction of sp³-hybridized carbons (Fsp3) is 1.00. The van der Waals surface area contributed by atoms with E-state index in [9.17, 15) is 0 Å². The van der Waals surface area contributed by atoms with Gasteiger partial charge in [-0.1, -0.05) is 13.8 Å². The standard InChI is InChI=1S/C11H20O4/c1-6-7(2)9-10(13-8(6)3)15-11(4,12-5)14-9/h6-10H,1-5H3/t6-,7+,8?,9?,10-,11?/m1/s1. The maximum atomic E-state index is 5.76. The molecule has 2 aliphatic heterocycles. The largest absolute Gasteiger partial charge is 0.346 e. The molecule has 88 valence electrons. The topological polar surface area (TPSA) is 36.9 Å². The molecule has 4 heteroatoms. The van der Waals surface area contributed by atoms with Crippen LogP contribution in [0, 0.1) is 11.8 Å². The summed E-state index contributed by atoms with van der Waals surface area (Å²) in [4.78, 5) is 0. The van der Waals surface area contributed by atoms with Gasteiger partial charge in [-0.15, -0.1) is 0 Å². The second kappa shape index (κ2) is 3.70. The number of hydrogen-bond acceptors (Lipinski definition) is 4. The van der Waals surface area contributed by atoms with Crippen molar-refractivity contribution in [2.24, 2.45) is 11.8 Å². The molecule has 3 unspecified atom stereocenters. The third-order valence-corrected chi connectivity index (χ3v) is 3.76. The van der Waals surface area contributed by atoms with E-state index in [1.165, 1.54) is 0 Å². The Bertz CT molecular complexity index is 245. The Morgan fingerprint density at radius 3 is 2.33 bits per heavy atom. The lowest BCUT2D eigenvalue weighted by Crippen LogP contribution is -2.46.